The smallest absolute Gasteiger partial charge is 0.262 e. The van der Waals surface area contributed by atoms with Gasteiger partial charge in [-0.05, 0) is 49.7 Å². The molecule has 1 amide bonds. The first-order valence-corrected chi connectivity index (χ1v) is 9.27. The van der Waals surface area contributed by atoms with Crippen LogP contribution in [0, 0.1) is 0 Å². The molecule has 0 aliphatic carbocycles. The number of carbonyl (C=O) groups excluding carboxylic acids is 1. The van der Waals surface area contributed by atoms with Crippen molar-refractivity contribution in [3.8, 4) is 22.9 Å². The third-order valence-electron chi connectivity index (χ3n) is 3.87. The van der Waals surface area contributed by atoms with E-state index in [0.29, 0.717) is 35.3 Å². The highest BCUT2D eigenvalue weighted by Gasteiger charge is 2.14. The number of para-hydroxylation sites is 1. The SMILES string of the molecule is CCCc1nc(-c2ccccc2OCC(=O)Nc2ccc(OCC)cc2)no1. The summed E-state index contributed by atoms with van der Waals surface area (Å²) in [6.07, 6.45) is 1.64. The van der Waals surface area contributed by atoms with Gasteiger partial charge in [-0.2, -0.15) is 4.98 Å². The first kappa shape index (κ1) is 19.4. The lowest BCUT2D eigenvalue weighted by Crippen LogP contribution is -2.20. The molecule has 1 heterocycles. The fourth-order valence-electron chi connectivity index (χ4n) is 2.60. The van der Waals surface area contributed by atoms with Crippen LogP contribution in [0.5, 0.6) is 11.5 Å². The van der Waals surface area contributed by atoms with Crippen LogP contribution < -0.4 is 14.8 Å². The number of carbonyl (C=O) groups is 1. The zero-order valence-corrected chi connectivity index (χ0v) is 16.0. The minimum absolute atomic E-state index is 0.135. The lowest BCUT2D eigenvalue weighted by atomic mass is 10.2. The quantitative estimate of drug-likeness (QED) is 0.600. The van der Waals surface area contributed by atoms with E-state index in [1.807, 2.05) is 32.0 Å². The van der Waals surface area contributed by atoms with Crippen LogP contribution in [-0.2, 0) is 11.2 Å². The molecule has 0 fully saturated rings. The Kier molecular flexibility index (Phi) is 6.62. The van der Waals surface area contributed by atoms with E-state index in [1.165, 1.54) is 0 Å². The highest BCUT2D eigenvalue weighted by atomic mass is 16.5. The summed E-state index contributed by atoms with van der Waals surface area (Å²) < 4.78 is 16.3. The predicted octanol–water partition coefficient (Wildman–Crippen LogP) is 4.11. The molecule has 0 saturated heterocycles. The lowest BCUT2D eigenvalue weighted by Gasteiger charge is -2.10. The molecular formula is C21H23N3O4. The average Bonchev–Trinajstić information content (AvgIpc) is 3.17. The molecule has 0 aliphatic heterocycles. The van der Waals surface area contributed by atoms with Gasteiger partial charge in [0.2, 0.25) is 11.7 Å². The zero-order valence-electron chi connectivity index (χ0n) is 16.0. The van der Waals surface area contributed by atoms with Gasteiger partial charge in [-0.1, -0.05) is 24.2 Å². The van der Waals surface area contributed by atoms with Crippen LogP contribution in [0.1, 0.15) is 26.2 Å². The van der Waals surface area contributed by atoms with Crippen LogP contribution in [0.4, 0.5) is 5.69 Å². The van der Waals surface area contributed by atoms with Crippen LogP contribution in [0.15, 0.2) is 53.1 Å². The Bertz CT molecular complexity index is 906. The summed E-state index contributed by atoms with van der Waals surface area (Å²) in [6, 6.07) is 14.5. The molecule has 3 aromatic rings. The van der Waals surface area contributed by atoms with Gasteiger partial charge in [0.05, 0.1) is 12.2 Å². The van der Waals surface area contributed by atoms with Crippen molar-refractivity contribution < 1.29 is 18.8 Å². The van der Waals surface area contributed by atoms with Gasteiger partial charge in [0.25, 0.3) is 5.91 Å². The molecule has 3 rings (SSSR count). The topological polar surface area (TPSA) is 86.5 Å². The van der Waals surface area contributed by atoms with E-state index < -0.39 is 0 Å². The molecular weight excluding hydrogens is 358 g/mol. The first-order chi connectivity index (χ1) is 13.7. The molecule has 0 bridgehead atoms. The number of ether oxygens (including phenoxy) is 2. The second-order valence-electron chi connectivity index (χ2n) is 6.05. The van der Waals surface area contributed by atoms with Gasteiger partial charge in [-0.3, -0.25) is 4.79 Å². The van der Waals surface area contributed by atoms with Gasteiger partial charge in [-0.25, -0.2) is 0 Å². The molecule has 0 radical (unpaired) electrons. The van der Waals surface area contributed by atoms with Crippen molar-refractivity contribution in [1.29, 1.82) is 0 Å². The summed E-state index contributed by atoms with van der Waals surface area (Å²) >= 11 is 0. The Balaban J connectivity index is 1.61. The van der Waals surface area contributed by atoms with Crippen molar-refractivity contribution in [2.24, 2.45) is 0 Å². The Hall–Kier alpha value is -3.35. The number of hydrogen-bond donors (Lipinski definition) is 1. The number of nitrogens with one attached hydrogen (secondary N) is 1. The van der Waals surface area contributed by atoms with Crippen molar-refractivity contribution in [2.75, 3.05) is 18.5 Å². The van der Waals surface area contributed by atoms with Gasteiger partial charge >= 0.3 is 0 Å². The molecule has 0 atom stereocenters. The average molecular weight is 381 g/mol. The summed E-state index contributed by atoms with van der Waals surface area (Å²) in [6.45, 7) is 4.43. The van der Waals surface area contributed by atoms with Gasteiger partial charge in [0.15, 0.2) is 6.61 Å². The van der Waals surface area contributed by atoms with Crippen molar-refractivity contribution in [3.63, 3.8) is 0 Å². The molecule has 146 valence electrons. The molecule has 0 aliphatic rings. The Morgan fingerprint density at radius 2 is 1.86 bits per heavy atom. The van der Waals surface area contributed by atoms with E-state index in [4.69, 9.17) is 14.0 Å². The lowest BCUT2D eigenvalue weighted by molar-refractivity contribution is -0.118. The number of aromatic nitrogens is 2. The van der Waals surface area contributed by atoms with E-state index >= 15 is 0 Å². The number of benzene rings is 2. The van der Waals surface area contributed by atoms with Gasteiger partial charge in [0, 0.05) is 12.1 Å². The maximum atomic E-state index is 12.2. The van der Waals surface area contributed by atoms with E-state index in [0.717, 1.165) is 18.6 Å². The van der Waals surface area contributed by atoms with Crippen molar-refractivity contribution in [3.05, 3.63) is 54.4 Å². The molecule has 0 saturated carbocycles. The van der Waals surface area contributed by atoms with Gasteiger partial charge in [0.1, 0.15) is 11.5 Å². The normalized spacial score (nSPS) is 10.5. The fraction of sp³-hybridized carbons (Fsp3) is 0.286. The monoisotopic (exact) mass is 381 g/mol. The highest BCUT2D eigenvalue weighted by Crippen LogP contribution is 2.27. The summed E-state index contributed by atoms with van der Waals surface area (Å²) in [5, 5.41) is 6.80. The number of aryl methyl sites for hydroxylation is 1. The third-order valence-corrected chi connectivity index (χ3v) is 3.87. The van der Waals surface area contributed by atoms with Gasteiger partial charge < -0.3 is 19.3 Å². The summed E-state index contributed by atoms with van der Waals surface area (Å²) in [5.74, 6) is 2.05. The zero-order chi connectivity index (χ0) is 19.8. The molecule has 2 aromatic carbocycles. The Morgan fingerprint density at radius 1 is 1.07 bits per heavy atom. The minimum atomic E-state index is -0.265. The van der Waals surface area contributed by atoms with Crippen LogP contribution in [0.2, 0.25) is 0 Å². The first-order valence-electron chi connectivity index (χ1n) is 9.27. The Labute approximate surface area is 163 Å². The van der Waals surface area contributed by atoms with Crippen LogP contribution in [0.3, 0.4) is 0 Å². The number of hydrogen-bond acceptors (Lipinski definition) is 6. The predicted molar refractivity (Wildman–Crippen MR) is 105 cm³/mol. The van der Waals surface area contributed by atoms with Crippen LogP contribution in [0.25, 0.3) is 11.4 Å². The summed E-state index contributed by atoms with van der Waals surface area (Å²) in [5.41, 5.74) is 1.36. The fourth-order valence-corrected chi connectivity index (χ4v) is 2.60. The van der Waals surface area contributed by atoms with Crippen LogP contribution >= 0.6 is 0 Å². The van der Waals surface area contributed by atoms with Crippen molar-refractivity contribution >= 4 is 11.6 Å². The third kappa shape index (κ3) is 5.09. The van der Waals surface area contributed by atoms with E-state index in [-0.39, 0.29) is 12.5 Å². The van der Waals surface area contributed by atoms with Crippen LogP contribution in [-0.4, -0.2) is 29.3 Å². The maximum Gasteiger partial charge on any atom is 0.262 e. The second kappa shape index (κ2) is 9.55. The van der Waals surface area contributed by atoms with Crippen molar-refractivity contribution in [1.82, 2.24) is 10.1 Å². The molecule has 7 nitrogen and oxygen atoms in total. The largest absolute Gasteiger partial charge is 0.494 e. The van der Waals surface area contributed by atoms with E-state index in [9.17, 15) is 4.79 Å². The molecule has 28 heavy (non-hydrogen) atoms. The minimum Gasteiger partial charge on any atom is -0.494 e. The summed E-state index contributed by atoms with van der Waals surface area (Å²) in [7, 11) is 0. The number of amides is 1. The highest BCUT2D eigenvalue weighted by molar-refractivity contribution is 5.92. The van der Waals surface area contributed by atoms with Gasteiger partial charge in [-0.15, -0.1) is 0 Å². The van der Waals surface area contributed by atoms with Crippen molar-refractivity contribution in [2.45, 2.75) is 26.7 Å². The molecule has 7 heteroatoms. The maximum absolute atomic E-state index is 12.2. The number of nitrogens with zero attached hydrogens (tertiary/aromatic N) is 2. The number of anilines is 1. The van der Waals surface area contributed by atoms with E-state index in [2.05, 4.69) is 15.5 Å². The van der Waals surface area contributed by atoms with E-state index in [1.54, 1.807) is 30.3 Å². The standard InChI is InChI=1S/C21H23N3O4/c1-3-7-20-23-21(24-28-20)17-8-5-6-9-18(17)27-14-19(25)22-15-10-12-16(13-11-15)26-4-2/h5-6,8-13H,3-4,7,14H2,1-2H3,(H,22,25). The second-order valence-corrected chi connectivity index (χ2v) is 6.05. The molecule has 1 aromatic heterocycles. The molecule has 0 unspecified atom stereocenters. The summed E-state index contributed by atoms with van der Waals surface area (Å²) in [4.78, 5) is 16.6. The molecule has 0 spiro atoms. The molecule has 1 N–H and O–H groups in total. The number of rotatable bonds is 9. The Morgan fingerprint density at radius 3 is 2.61 bits per heavy atom.